The summed E-state index contributed by atoms with van der Waals surface area (Å²) in [5, 5.41) is 18.3. The molecule has 0 bridgehead atoms. The van der Waals surface area contributed by atoms with E-state index >= 15 is 0 Å². The lowest BCUT2D eigenvalue weighted by Gasteiger charge is -2.04. The number of allylic oxidation sites excluding steroid dienone is 1. The van der Waals surface area contributed by atoms with Crippen molar-refractivity contribution in [3.05, 3.63) is 71.3 Å². The number of carboxylic acid groups (broad SMARTS) is 1. The first-order valence-electron chi connectivity index (χ1n) is 6.37. The zero-order chi connectivity index (χ0) is 15.2. The number of carbonyl (C=O) groups is 2. The van der Waals surface area contributed by atoms with E-state index in [2.05, 4.69) is 0 Å². The van der Waals surface area contributed by atoms with E-state index in [4.69, 9.17) is 5.11 Å². The van der Waals surface area contributed by atoms with E-state index in [1.807, 2.05) is 30.3 Å². The third-order valence-electron chi connectivity index (χ3n) is 2.93. The van der Waals surface area contributed by atoms with Gasteiger partial charge in [-0.15, -0.1) is 0 Å². The Balaban J connectivity index is 2.19. The van der Waals surface area contributed by atoms with Crippen molar-refractivity contribution in [2.24, 2.45) is 0 Å². The smallest absolute Gasteiger partial charge is 0.307 e. The molecule has 21 heavy (non-hydrogen) atoms. The topological polar surface area (TPSA) is 74.6 Å². The monoisotopic (exact) mass is 282 g/mol. The lowest BCUT2D eigenvalue weighted by atomic mass is 10.0. The average Bonchev–Trinajstić information content (AvgIpc) is 2.47. The number of aromatic hydroxyl groups is 1. The molecule has 2 aromatic rings. The Morgan fingerprint density at radius 2 is 1.76 bits per heavy atom. The first-order chi connectivity index (χ1) is 10.1. The van der Waals surface area contributed by atoms with Crippen LogP contribution in [0.15, 0.2) is 54.6 Å². The Labute approximate surface area is 122 Å². The highest BCUT2D eigenvalue weighted by atomic mass is 16.4. The summed E-state index contributed by atoms with van der Waals surface area (Å²) in [7, 11) is 0. The third-order valence-corrected chi connectivity index (χ3v) is 2.93. The molecule has 0 spiro atoms. The van der Waals surface area contributed by atoms with Crippen LogP contribution in [-0.2, 0) is 11.2 Å². The number of carbonyl (C=O) groups excluding carboxylic acids is 1. The van der Waals surface area contributed by atoms with Crippen LogP contribution in [0.25, 0.3) is 6.08 Å². The number of aliphatic carboxylic acids is 1. The predicted molar refractivity (Wildman–Crippen MR) is 79.3 cm³/mol. The Hall–Kier alpha value is -2.88. The lowest BCUT2D eigenvalue weighted by molar-refractivity contribution is -0.136. The SMILES string of the molecule is O=C(O)Cc1cc(C(=O)C=Cc2ccccc2)ccc1O. The normalized spacial score (nSPS) is 10.7. The minimum Gasteiger partial charge on any atom is -0.508 e. The molecule has 0 aliphatic heterocycles. The van der Waals surface area contributed by atoms with Crippen molar-refractivity contribution in [1.82, 2.24) is 0 Å². The molecule has 0 amide bonds. The van der Waals surface area contributed by atoms with Crippen LogP contribution < -0.4 is 0 Å². The second kappa shape index (κ2) is 6.52. The highest BCUT2D eigenvalue weighted by Crippen LogP contribution is 2.20. The van der Waals surface area contributed by atoms with Gasteiger partial charge < -0.3 is 10.2 Å². The van der Waals surface area contributed by atoms with Crippen LogP contribution in [0.4, 0.5) is 0 Å². The van der Waals surface area contributed by atoms with Crippen molar-refractivity contribution in [3.8, 4) is 5.75 Å². The first kappa shape index (κ1) is 14.5. The third kappa shape index (κ3) is 4.04. The second-order valence-electron chi connectivity index (χ2n) is 4.52. The number of phenols is 1. The largest absolute Gasteiger partial charge is 0.508 e. The van der Waals surface area contributed by atoms with E-state index in [9.17, 15) is 14.7 Å². The van der Waals surface area contributed by atoms with Gasteiger partial charge in [0.1, 0.15) is 5.75 Å². The Morgan fingerprint density at radius 3 is 2.43 bits per heavy atom. The molecule has 106 valence electrons. The molecule has 0 aromatic heterocycles. The van der Waals surface area contributed by atoms with Gasteiger partial charge >= 0.3 is 5.97 Å². The molecule has 0 saturated heterocycles. The molecule has 0 unspecified atom stereocenters. The van der Waals surface area contributed by atoms with Crippen molar-refractivity contribution in [1.29, 1.82) is 0 Å². The maximum atomic E-state index is 12.1. The molecule has 4 heteroatoms. The molecule has 0 aliphatic carbocycles. The summed E-state index contributed by atoms with van der Waals surface area (Å²) in [6.07, 6.45) is 2.79. The highest BCUT2D eigenvalue weighted by molar-refractivity contribution is 6.07. The quantitative estimate of drug-likeness (QED) is 0.653. The summed E-state index contributed by atoms with van der Waals surface area (Å²) in [4.78, 5) is 22.8. The van der Waals surface area contributed by atoms with Gasteiger partial charge in [-0.3, -0.25) is 9.59 Å². The summed E-state index contributed by atoms with van der Waals surface area (Å²) < 4.78 is 0. The van der Waals surface area contributed by atoms with Gasteiger partial charge in [0, 0.05) is 11.1 Å². The average molecular weight is 282 g/mol. The van der Waals surface area contributed by atoms with Crippen LogP contribution >= 0.6 is 0 Å². The Kier molecular flexibility index (Phi) is 4.51. The van der Waals surface area contributed by atoms with Crippen LogP contribution in [0.1, 0.15) is 21.5 Å². The van der Waals surface area contributed by atoms with Gasteiger partial charge in [-0.25, -0.2) is 0 Å². The van der Waals surface area contributed by atoms with Crippen LogP contribution in [-0.4, -0.2) is 22.0 Å². The molecule has 2 rings (SSSR count). The number of ketones is 1. The van der Waals surface area contributed by atoms with Crippen molar-refractivity contribution in [2.75, 3.05) is 0 Å². The first-order valence-corrected chi connectivity index (χ1v) is 6.37. The molecular formula is C17H14O4. The molecular weight excluding hydrogens is 268 g/mol. The fraction of sp³-hybridized carbons (Fsp3) is 0.0588. The fourth-order valence-electron chi connectivity index (χ4n) is 1.88. The maximum absolute atomic E-state index is 12.1. The second-order valence-corrected chi connectivity index (χ2v) is 4.52. The van der Waals surface area contributed by atoms with Crippen molar-refractivity contribution in [2.45, 2.75) is 6.42 Å². The number of hydrogen-bond donors (Lipinski definition) is 2. The van der Waals surface area contributed by atoms with Crippen LogP contribution in [0.3, 0.4) is 0 Å². The van der Waals surface area contributed by atoms with E-state index in [1.54, 1.807) is 6.08 Å². The summed E-state index contributed by atoms with van der Waals surface area (Å²) in [5.74, 6) is -1.43. The molecule has 2 aromatic carbocycles. The van der Waals surface area contributed by atoms with Crippen molar-refractivity contribution < 1.29 is 19.8 Å². The Morgan fingerprint density at radius 1 is 1.05 bits per heavy atom. The molecule has 2 N–H and O–H groups in total. The molecule has 4 nitrogen and oxygen atoms in total. The van der Waals surface area contributed by atoms with Gasteiger partial charge in [0.15, 0.2) is 5.78 Å². The van der Waals surface area contributed by atoms with Crippen molar-refractivity contribution >= 4 is 17.8 Å². The van der Waals surface area contributed by atoms with Gasteiger partial charge in [0.2, 0.25) is 0 Å². The van der Waals surface area contributed by atoms with E-state index < -0.39 is 5.97 Å². The molecule has 0 heterocycles. The van der Waals surface area contributed by atoms with Crippen LogP contribution in [0, 0.1) is 0 Å². The number of phenolic OH excluding ortho intramolecular Hbond substituents is 1. The van der Waals surface area contributed by atoms with E-state index in [0.29, 0.717) is 5.56 Å². The summed E-state index contributed by atoms with van der Waals surface area (Å²) in [5.41, 5.74) is 1.47. The zero-order valence-electron chi connectivity index (χ0n) is 11.2. The van der Waals surface area contributed by atoms with Crippen LogP contribution in [0.5, 0.6) is 5.75 Å². The number of hydrogen-bond acceptors (Lipinski definition) is 3. The van der Waals surface area contributed by atoms with Gasteiger partial charge in [-0.05, 0) is 29.8 Å². The number of carboxylic acids is 1. The van der Waals surface area contributed by atoms with Gasteiger partial charge in [-0.1, -0.05) is 36.4 Å². The molecule has 0 aliphatic rings. The molecule has 0 atom stereocenters. The molecule has 0 fully saturated rings. The minimum atomic E-state index is -1.06. The number of rotatable bonds is 5. The molecule has 0 radical (unpaired) electrons. The van der Waals surface area contributed by atoms with Gasteiger partial charge in [0.25, 0.3) is 0 Å². The standard InChI is InChI=1S/C17H14O4/c18-15(8-6-12-4-2-1-3-5-12)13-7-9-16(19)14(10-13)11-17(20)21/h1-10,19H,11H2,(H,20,21). The maximum Gasteiger partial charge on any atom is 0.307 e. The van der Waals surface area contributed by atoms with E-state index in [0.717, 1.165) is 5.56 Å². The zero-order valence-corrected chi connectivity index (χ0v) is 11.2. The fourth-order valence-corrected chi connectivity index (χ4v) is 1.88. The van der Waals surface area contributed by atoms with Gasteiger partial charge in [0.05, 0.1) is 6.42 Å². The van der Waals surface area contributed by atoms with E-state index in [-0.39, 0.29) is 23.5 Å². The predicted octanol–water partition coefficient (Wildman–Crippen LogP) is 2.92. The summed E-state index contributed by atoms with van der Waals surface area (Å²) >= 11 is 0. The summed E-state index contributed by atoms with van der Waals surface area (Å²) in [6.45, 7) is 0. The molecule has 0 saturated carbocycles. The van der Waals surface area contributed by atoms with E-state index in [1.165, 1.54) is 24.3 Å². The van der Waals surface area contributed by atoms with Crippen molar-refractivity contribution in [3.63, 3.8) is 0 Å². The number of benzene rings is 2. The van der Waals surface area contributed by atoms with Gasteiger partial charge in [-0.2, -0.15) is 0 Å². The van der Waals surface area contributed by atoms with Crippen LogP contribution in [0.2, 0.25) is 0 Å². The lowest BCUT2D eigenvalue weighted by Crippen LogP contribution is -2.02. The highest BCUT2D eigenvalue weighted by Gasteiger charge is 2.10. The Bertz CT molecular complexity index is 687. The minimum absolute atomic E-state index is 0.124. The summed E-state index contributed by atoms with van der Waals surface area (Å²) in [6, 6.07) is 13.6.